The van der Waals surface area contributed by atoms with Crippen LogP contribution in [0.2, 0.25) is 0 Å². The molecule has 2 heterocycles. The second-order valence-electron chi connectivity index (χ2n) is 6.67. The third kappa shape index (κ3) is 4.27. The first-order chi connectivity index (χ1) is 13.8. The molecule has 0 bridgehead atoms. The number of ether oxygens (including phenoxy) is 3. The number of hydrogen-bond acceptors (Lipinski definition) is 7. The van der Waals surface area contributed by atoms with Crippen molar-refractivity contribution in [2.75, 3.05) is 13.2 Å². The molecule has 2 saturated heterocycles. The van der Waals surface area contributed by atoms with Crippen LogP contribution in [0.4, 0.5) is 0 Å². The first-order valence-electron chi connectivity index (χ1n) is 9.46. The van der Waals surface area contributed by atoms with Gasteiger partial charge in [0.2, 0.25) is 11.2 Å². The summed E-state index contributed by atoms with van der Waals surface area (Å²) in [5.74, 6) is -2.79. The predicted molar refractivity (Wildman–Crippen MR) is 105 cm³/mol. The SMILES string of the molecule is C/C=C/C(=O)C(OC(C(=O)/C=C/C)(C(=O)/C=C/C)C1CO1)(C(=O)/C=C/C)C1CO1. The quantitative estimate of drug-likeness (QED) is 0.279. The van der Waals surface area contributed by atoms with Crippen molar-refractivity contribution >= 4 is 23.1 Å². The zero-order valence-corrected chi connectivity index (χ0v) is 17.0. The Bertz CT molecular complexity index is 678. The zero-order chi connectivity index (χ0) is 21.7. The number of carbonyl (C=O) groups excluding carboxylic acids is 4. The molecule has 0 N–H and O–H groups in total. The molecule has 2 unspecified atom stereocenters. The van der Waals surface area contributed by atoms with Crippen molar-refractivity contribution in [3.05, 3.63) is 48.6 Å². The minimum Gasteiger partial charge on any atom is -0.369 e. The Hall–Kier alpha value is -2.48. The Balaban J connectivity index is 2.72. The molecule has 0 amide bonds. The Kier molecular flexibility index (Phi) is 7.35. The largest absolute Gasteiger partial charge is 0.369 e. The lowest BCUT2D eigenvalue weighted by Crippen LogP contribution is -2.64. The van der Waals surface area contributed by atoms with Crippen molar-refractivity contribution in [1.29, 1.82) is 0 Å². The highest BCUT2D eigenvalue weighted by atomic mass is 16.7. The summed E-state index contributed by atoms with van der Waals surface area (Å²) in [4.78, 5) is 52.4. The van der Waals surface area contributed by atoms with Crippen LogP contribution in [0.5, 0.6) is 0 Å². The van der Waals surface area contributed by atoms with Gasteiger partial charge in [0, 0.05) is 0 Å². The minimum atomic E-state index is -2.17. The molecule has 0 aliphatic carbocycles. The highest BCUT2D eigenvalue weighted by Gasteiger charge is 2.67. The first-order valence-corrected chi connectivity index (χ1v) is 9.46. The van der Waals surface area contributed by atoms with Gasteiger partial charge < -0.3 is 14.2 Å². The summed E-state index contributed by atoms with van der Waals surface area (Å²) in [5, 5.41) is 0. The van der Waals surface area contributed by atoms with Gasteiger partial charge in [-0.15, -0.1) is 0 Å². The molecular formula is C22H26O7. The number of ketones is 4. The highest BCUT2D eigenvalue weighted by molar-refractivity contribution is 6.23. The standard InChI is InChI=1S/C22H26O7/c1-5-9-15(23)21(19-13-27-19,16(24)10-6-2)29-22(20-14-28-20,17(25)11-7-3)18(26)12-8-4/h5-12,19-20H,13-14H2,1-4H3/b9-5+,10-6+,11-7+,12-8+. The van der Waals surface area contributed by atoms with Gasteiger partial charge in [-0.1, -0.05) is 24.3 Å². The van der Waals surface area contributed by atoms with E-state index in [-0.39, 0.29) is 13.2 Å². The van der Waals surface area contributed by atoms with E-state index in [0.717, 1.165) is 0 Å². The van der Waals surface area contributed by atoms with Gasteiger partial charge in [-0.05, 0) is 52.0 Å². The van der Waals surface area contributed by atoms with E-state index in [0.29, 0.717) is 0 Å². The van der Waals surface area contributed by atoms with Gasteiger partial charge >= 0.3 is 0 Å². The van der Waals surface area contributed by atoms with Gasteiger partial charge in [0.15, 0.2) is 23.1 Å². The van der Waals surface area contributed by atoms with Gasteiger partial charge in [-0.3, -0.25) is 19.2 Å². The van der Waals surface area contributed by atoms with Gasteiger partial charge in [-0.25, -0.2) is 0 Å². The van der Waals surface area contributed by atoms with E-state index in [4.69, 9.17) is 14.2 Å². The van der Waals surface area contributed by atoms with Gasteiger partial charge in [0.25, 0.3) is 0 Å². The fourth-order valence-electron chi connectivity index (χ4n) is 3.13. The maximum absolute atomic E-state index is 13.1. The second kappa shape index (κ2) is 9.35. The van der Waals surface area contributed by atoms with Crippen LogP contribution in [0, 0.1) is 0 Å². The fraction of sp³-hybridized carbons (Fsp3) is 0.455. The van der Waals surface area contributed by atoms with Crippen molar-refractivity contribution in [3.63, 3.8) is 0 Å². The molecule has 156 valence electrons. The maximum atomic E-state index is 13.1. The summed E-state index contributed by atoms with van der Waals surface area (Å²) in [5.41, 5.74) is -4.33. The summed E-state index contributed by atoms with van der Waals surface area (Å²) in [6.45, 7) is 6.63. The van der Waals surface area contributed by atoms with Gasteiger partial charge in [-0.2, -0.15) is 0 Å². The predicted octanol–water partition coefficient (Wildman–Crippen LogP) is 1.86. The molecule has 2 aliphatic heterocycles. The molecule has 0 aromatic heterocycles. The Morgan fingerprint density at radius 2 is 0.897 bits per heavy atom. The number of epoxide rings is 2. The lowest BCUT2D eigenvalue weighted by molar-refractivity contribution is -0.188. The van der Waals surface area contributed by atoms with Crippen molar-refractivity contribution < 1.29 is 33.4 Å². The number of allylic oxidation sites excluding steroid dienone is 4. The molecule has 2 fully saturated rings. The molecule has 7 nitrogen and oxygen atoms in total. The Morgan fingerprint density at radius 1 is 0.655 bits per heavy atom. The normalized spacial score (nSPS) is 22.1. The van der Waals surface area contributed by atoms with Crippen LogP contribution in [-0.4, -0.2) is 59.8 Å². The van der Waals surface area contributed by atoms with Crippen molar-refractivity contribution in [2.24, 2.45) is 0 Å². The summed E-state index contributed by atoms with van der Waals surface area (Å²) in [7, 11) is 0. The van der Waals surface area contributed by atoms with E-state index in [1.807, 2.05) is 0 Å². The number of hydrogen-bond donors (Lipinski definition) is 0. The first kappa shape index (κ1) is 22.8. The lowest BCUT2D eigenvalue weighted by Gasteiger charge is -2.37. The van der Waals surface area contributed by atoms with E-state index in [1.54, 1.807) is 27.7 Å². The summed E-state index contributed by atoms with van der Waals surface area (Å²) in [6, 6.07) is 0. The number of rotatable bonds is 12. The maximum Gasteiger partial charge on any atom is 0.222 e. The van der Waals surface area contributed by atoms with Crippen LogP contribution < -0.4 is 0 Å². The molecule has 29 heavy (non-hydrogen) atoms. The molecule has 0 radical (unpaired) electrons. The van der Waals surface area contributed by atoms with Crippen molar-refractivity contribution in [3.8, 4) is 0 Å². The molecular weight excluding hydrogens is 376 g/mol. The molecule has 7 heteroatoms. The van der Waals surface area contributed by atoms with Crippen molar-refractivity contribution in [1.82, 2.24) is 0 Å². The zero-order valence-electron chi connectivity index (χ0n) is 17.0. The third-order valence-electron chi connectivity index (χ3n) is 4.63. The fourth-order valence-corrected chi connectivity index (χ4v) is 3.13. The van der Waals surface area contributed by atoms with E-state index >= 15 is 0 Å². The number of carbonyl (C=O) groups is 4. The monoisotopic (exact) mass is 402 g/mol. The lowest BCUT2D eigenvalue weighted by atomic mass is 9.83. The van der Waals surface area contributed by atoms with Crippen LogP contribution in [0.25, 0.3) is 0 Å². The summed E-state index contributed by atoms with van der Waals surface area (Å²) < 4.78 is 16.7. The summed E-state index contributed by atoms with van der Waals surface area (Å²) in [6.07, 6.45) is 8.75. The molecule has 0 spiro atoms. The molecule has 0 aromatic carbocycles. The van der Waals surface area contributed by atoms with E-state index in [2.05, 4.69) is 0 Å². The van der Waals surface area contributed by atoms with Crippen LogP contribution in [0.15, 0.2) is 48.6 Å². The average Bonchev–Trinajstić information content (AvgIpc) is 3.56. The van der Waals surface area contributed by atoms with Crippen LogP contribution in [0.1, 0.15) is 27.7 Å². The second-order valence-corrected chi connectivity index (χ2v) is 6.67. The van der Waals surface area contributed by atoms with E-state index in [9.17, 15) is 19.2 Å². The smallest absolute Gasteiger partial charge is 0.222 e. The summed E-state index contributed by atoms with van der Waals surface area (Å²) >= 11 is 0. The highest BCUT2D eigenvalue weighted by Crippen LogP contribution is 2.41. The topological polar surface area (TPSA) is 103 Å². The van der Waals surface area contributed by atoms with E-state index < -0.39 is 46.5 Å². The van der Waals surface area contributed by atoms with Gasteiger partial charge in [0.05, 0.1) is 13.2 Å². The van der Waals surface area contributed by atoms with Crippen molar-refractivity contribution in [2.45, 2.75) is 51.1 Å². The molecule has 0 aromatic rings. The minimum absolute atomic E-state index is 0.0871. The molecule has 0 saturated carbocycles. The van der Waals surface area contributed by atoms with Crippen LogP contribution in [0.3, 0.4) is 0 Å². The Labute approximate surface area is 170 Å². The Morgan fingerprint density at radius 3 is 1.07 bits per heavy atom. The van der Waals surface area contributed by atoms with Crippen LogP contribution in [-0.2, 0) is 33.4 Å². The molecule has 2 atom stereocenters. The van der Waals surface area contributed by atoms with Crippen LogP contribution >= 0.6 is 0 Å². The molecule has 2 aliphatic rings. The molecule has 2 rings (SSSR count). The average molecular weight is 402 g/mol. The van der Waals surface area contributed by atoms with Gasteiger partial charge in [0.1, 0.15) is 12.2 Å². The third-order valence-corrected chi connectivity index (χ3v) is 4.63. The van der Waals surface area contributed by atoms with E-state index in [1.165, 1.54) is 48.6 Å².